The third kappa shape index (κ3) is 3.41. The molecule has 1 aliphatic heterocycles. The molecule has 3 aromatic heterocycles. The summed E-state index contributed by atoms with van der Waals surface area (Å²) in [6, 6.07) is 12.1. The molecule has 1 atom stereocenters. The molecular formula is C26H23ClN8O. The minimum Gasteiger partial charge on any atom is -0.342 e. The second kappa shape index (κ2) is 8.29. The van der Waals surface area contributed by atoms with E-state index in [2.05, 4.69) is 54.8 Å². The van der Waals surface area contributed by atoms with Crippen LogP contribution in [0, 0.1) is 16.7 Å². The molecule has 4 aromatic rings. The first-order valence-electron chi connectivity index (χ1n) is 11.7. The lowest BCUT2D eigenvalue weighted by molar-refractivity contribution is 0.187. The van der Waals surface area contributed by atoms with Crippen LogP contribution < -0.4 is 16.2 Å². The van der Waals surface area contributed by atoms with Gasteiger partial charge in [0.2, 0.25) is 5.95 Å². The molecule has 4 heterocycles. The zero-order valence-corrected chi connectivity index (χ0v) is 20.1. The Bertz CT molecular complexity index is 1620. The van der Waals surface area contributed by atoms with Crippen molar-refractivity contribution in [2.24, 2.45) is 11.1 Å². The summed E-state index contributed by atoms with van der Waals surface area (Å²) in [7, 11) is 0. The van der Waals surface area contributed by atoms with Gasteiger partial charge in [-0.2, -0.15) is 15.3 Å². The molecule has 10 heteroatoms. The fourth-order valence-corrected chi connectivity index (χ4v) is 5.81. The van der Waals surface area contributed by atoms with E-state index in [9.17, 15) is 10.1 Å². The van der Waals surface area contributed by atoms with E-state index < -0.39 is 0 Å². The Morgan fingerprint density at radius 2 is 2.08 bits per heavy atom. The van der Waals surface area contributed by atoms with E-state index in [1.165, 1.54) is 17.3 Å². The fourth-order valence-electron chi connectivity index (χ4n) is 5.65. The van der Waals surface area contributed by atoms with Gasteiger partial charge >= 0.3 is 0 Å². The van der Waals surface area contributed by atoms with Crippen LogP contribution in [0.5, 0.6) is 0 Å². The maximum Gasteiger partial charge on any atom is 0.264 e. The number of nitriles is 1. The van der Waals surface area contributed by atoms with Crippen LogP contribution in [0.3, 0.4) is 0 Å². The van der Waals surface area contributed by atoms with E-state index in [1.807, 2.05) is 12.1 Å². The molecule has 6 rings (SSSR count). The van der Waals surface area contributed by atoms with Gasteiger partial charge in [-0.3, -0.25) is 14.9 Å². The number of rotatable bonds is 3. The van der Waals surface area contributed by atoms with Gasteiger partial charge < -0.3 is 10.6 Å². The van der Waals surface area contributed by atoms with Crippen molar-refractivity contribution in [3.63, 3.8) is 0 Å². The van der Waals surface area contributed by atoms with Gasteiger partial charge in [0.1, 0.15) is 22.8 Å². The molecule has 1 spiro atoms. The lowest BCUT2D eigenvalue weighted by atomic mass is 9.73. The number of nitrogens with two attached hydrogens (primary N) is 1. The van der Waals surface area contributed by atoms with Crippen molar-refractivity contribution < 1.29 is 0 Å². The van der Waals surface area contributed by atoms with Crippen molar-refractivity contribution in [1.82, 2.24) is 25.1 Å². The van der Waals surface area contributed by atoms with E-state index in [4.69, 9.17) is 17.3 Å². The summed E-state index contributed by atoms with van der Waals surface area (Å²) in [6.07, 6.45) is 4.19. The topological polar surface area (TPSA) is 140 Å². The van der Waals surface area contributed by atoms with E-state index in [-0.39, 0.29) is 28.1 Å². The number of anilines is 1. The predicted octanol–water partition coefficient (Wildman–Crippen LogP) is 3.47. The van der Waals surface area contributed by atoms with E-state index >= 15 is 0 Å². The molecule has 1 fully saturated rings. The van der Waals surface area contributed by atoms with E-state index in [0.29, 0.717) is 33.4 Å². The van der Waals surface area contributed by atoms with E-state index in [1.54, 1.807) is 6.07 Å². The van der Waals surface area contributed by atoms with Crippen LogP contribution in [0.2, 0.25) is 5.02 Å². The van der Waals surface area contributed by atoms with Crippen LogP contribution in [0.15, 0.2) is 47.9 Å². The number of hydrogen-bond donors (Lipinski definition) is 3. The van der Waals surface area contributed by atoms with Crippen molar-refractivity contribution in [3.8, 4) is 6.07 Å². The molecule has 0 saturated carbocycles. The number of pyridine rings is 1. The second-order valence-corrected chi connectivity index (χ2v) is 9.96. The number of H-pyrrole nitrogens is 2. The highest BCUT2D eigenvalue weighted by Gasteiger charge is 2.46. The maximum atomic E-state index is 13.2. The highest BCUT2D eigenvalue weighted by molar-refractivity contribution is 6.30. The number of aromatic amines is 2. The molecule has 0 unspecified atom stereocenters. The highest BCUT2D eigenvalue weighted by atomic mass is 35.5. The number of hydrogen-bond acceptors (Lipinski definition) is 7. The highest BCUT2D eigenvalue weighted by Crippen LogP contribution is 2.50. The van der Waals surface area contributed by atoms with Crippen molar-refractivity contribution in [2.45, 2.75) is 25.3 Å². The number of piperidine rings is 1. The van der Waals surface area contributed by atoms with Gasteiger partial charge in [0, 0.05) is 36.5 Å². The number of halogens is 1. The molecule has 36 heavy (non-hydrogen) atoms. The number of nitrogens with zero attached hydrogens (tertiary/aromatic N) is 5. The Morgan fingerprint density at radius 3 is 2.83 bits per heavy atom. The van der Waals surface area contributed by atoms with Crippen LogP contribution >= 0.6 is 11.6 Å². The van der Waals surface area contributed by atoms with Gasteiger partial charge in [-0.1, -0.05) is 42.4 Å². The summed E-state index contributed by atoms with van der Waals surface area (Å²) in [5.41, 5.74) is 10.6. The first-order valence-corrected chi connectivity index (χ1v) is 12.1. The Hall–Kier alpha value is -4.00. The monoisotopic (exact) mass is 498 g/mol. The summed E-state index contributed by atoms with van der Waals surface area (Å²) in [4.78, 5) is 26.9. The third-order valence-electron chi connectivity index (χ3n) is 7.64. The molecule has 0 amide bonds. The van der Waals surface area contributed by atoms with Crippen LogP contribution in [-0.2, 0) is 6.42 Å². The third-order valence-corrected chi connectivity index (χ3v) is 7.85. The van der Waals surface area contributed by atoms with Crippen LogP contribution in [-0.4, -0.2) is 38.2 Å². The lowest BCUT2D eigenvalue weighted by Gasteiger charge is -2.42. The van der Waals surface area contributed by atoms with Crippen molar-refractivity contribution in [3.05, 3.63) is 86.6 Å². The summed E-state index contributed by atoms with van der Waals surface area (Å²) in [5.74, 6) is 0.495. The molecule has 0 radical (unpaired) electrons. The standard InChI is InChI=1S/C26H23ClN8O/c1-14(18-10-16(27)13-30-19(18)12-28)21-20-23(34-33-21)31-25(32-24(20)36)35-8-6-26(7-9-35)11-15-4-2-3-5-17(15)22(26)29/h2-5,10,13,22H,1,6-9,11,29H2,(H2,31,32,33,34,36)/t22-/m1/s1. The average molecular weight is 499 g/mol. The van der Waals surface area contributed by atoms with Crippen molar-refractivity contribution in [2.75, 3.05) is 18.0 Å². The lowest BCUT2D eigenvalue weighted by Crippen LogP contribution is -2.45. The molecule has 180 valence electrons. The normalized spacial score (nSPS) is 18.4. The van der Waals surface area contributed by atoms with Gasteiger partial charge in [0.25, 0.3) is 5.56 Å². The van der Waals surface area contributed by atoms with Gasteiger partial charge in [0.15, 0.2) is 5.65 Å². The van der Waals surface area contributed by atoms with E-state index in [0.717, 1.165) is 32.4 Å². The maximum absolute atomic E-state index is 13.2. The van der Waals surface area contributed by atoms with Crippen LogP contribution in [0.25, 0.3) is 16.6 Å². The number of benzene rings is 1. The van der Waals surface area contributed by atoms with Crippen molar-refractivity contribution in [1.29, 1.82) is 5.26 Å². The van der Waals surface area contributed by atoms with Crippen molar-refractivity contribution >= 4 is 34.2 Å². The Morgan fingerprint density at radius 1 is 1.31 bits per heavy atom. The first-order chi connectivity index (χ1) is 17.4. The largest absolute Gasteiger partial charge is 0.342 e. The van der Waals surface area contributed by atoms with Crippen LogP contribution in [0.1, 0.15) is 47.0 Å². The summed E-state index contributed by atoms with van der Waals surface area (Å²) in [5, 5.41) is 17.2. The Kier molecular flexibility index (Phi) is 5.18. The van der Waals surface area contributed by atoms with Gasteiger partial charge in [0.05, 0.1) is 5.02 Å². The number of nitrogens with one attached hydrogen (secondary N) is 2. The molecule has 4 N–H and O–H groups in total. The Labute approximate surface area is 211 Å². The molecule has 1 aliphatic carbocycles. The van der Waals surface area contributed by atoms with Gasteiger partial charge in [-0.05, 0) is 41.9 Å². The quantitative estimate of drug-likeness (QED) is 0.392. The summed E-state index contributed by atoms with van der Waals surface area (Å²) in [6.45, 7) is 5.53. The minimum atomic E-state index is -0.335. The van der Waals surface area contributed by atoms with Gasteiger partial charge in [-0.15, -0.1) is 0 Å². The van der Waals surface area contributed by atoms with Gasteiger partial charge in [-0.25, -0.2) is 4.98 Å². The molecule has 9 nitrogen and oxygen atoms in total. The molecule has 0 bridgehead atoms. The summed E-state index contributed by atoms with van der Waals surface area (Å²) < 4.78 is 0. The SMILES string of the molecule is C=C(c1cc(Cl)cnc1C#N)c1n[nH]c2nc(N3CCC4(CC3)Cc3ccccc3[C@H]4N)[nH]c(=O)c12. The Balaban J connectivity index is 1.28. The minimum absolute atomic E-state index is 0.0193. The molecular weight excluding hydrogens is 476 g/mol. The molecule has 1 aromatic carbocycles. The second-order valence-electron chi connectivity index (χ2n) is 9.53. The average Bonchev–Trinajstić information content (AvgIpc) is 3.44. The first kappa shape index (κ1) is 22.5. The number of aromatic nitrogens is 5. The smallest absolute Gasteiger partial charge is 0.264 e. The number of fused-ring (bicyclic) bond motifs is 2. The fraction of sp³-hybridized carbons (Fsp3) is 0.269. The molecule has 1 saturated heterocycles. The van der Waals surface area contributed by atoms with Crippen LogP contribution in [0.4, 0.5) is 5.95 Å². The zero-order chi connectivity index (χ0) is 25.0. The predicted molar refractivity (Wildman–Crippen MR) is 138 cm³/mol. The molecule has 2 aliphatic rings. The summed E-state index contributed by atoms with van der Waals surface area (Å²) >= 11 is 6.08. The zero-order valence-electron chi connectivity index (χ0n) is 19.4.